The zero-order valence-electron chi connectivity index (χ0n) is 6.90. The molecule has 12 heavy (non-hydrogen) atoms. The molecule has 0 aromatic rings. The fourth-order valence-electron chi connectivity index (χ4n) is 0.720. The summed E-state index contributed by atoms with van der Waals surface area (Å²) in [6.45, 7) is 0.505. The number of rotatable bonds is 7. The highest BCUT2D eigenvalue weighted by molar-refractivity contribution is 8.00. The van der Waals surface area contributed by atoms with Gasteiger partial charge in [-0.1, -0.05) is 0 Å². The quantitative estimate of drug-likeness (QED) is 0.492. The summed E-state index contributed by atoms with van der Waals surface area (Å²) in [5.74, 6) is -0.142. The standard InChI is InChI=1S/C7H15NO3S/c8-3-2-6(7(10)11)12-5-1-4-9/h6,9H,1-5,8H2,(H,10,11). The number of carbonyl (C=O) groups is 1. The lowest BCUT2D eigenvalue weighted by atomic mass is 10.3. The van der Waals surface area contributed by atoms with Crippen molar-refractivity contribution in [1.29, 1.82) is 0 Å². The molecule has 4 nitrogen and oxygen atoms in total. The first kappa shape index (κ1) is 11.7. The predicted octanol–water partition coefficient (Wildman–Crippen LogP) is -0.0960. The van der Waals surface area contributed by atoms with Gasteiger partial charge in [-0.15, -0.1) is 11.8 Å². The van der Waals surface area contributed by atoms with Crippen LogP contribution in [0, 0.1) is 0 Å². The fourth-order valence-corrected chi connectivity index (χ4v) is 1.75. The van der Waals surface area contributed by atoms with Crippen molar-refractivity contribution >= 4 is 17.7 Å². The monoisotopic (exact) mass is 193 g/mol. The Kier molecular flexibility index (Phi) is 7.23. The molecule has 5 heteroatoms. The molecule has 1 atom stereocenters. The van der Waals surface area contributed by atoms with E-state index in [2.05, 4.69) is 0 Å². The molecular formula is C7H15NO3S. The molecule has 0 amide bonds. The van der Waals surface area contributed by atoms with E-state index in [0.29, 0.717) is 25.1 Å². The second kappa shape index (κ2) is 7.39. The predicted molar refractivity (Wildman–Crippen MR) is 49.3 cm³/mol. The first-order valence-corrected chi connectivity index (χ1v) is 4.92. The van der Waals surface area contributed by atoms with Gasteiger partial charge in [-0.3, -0.25) is 4.79 Å². The lowest BCUT2D eigenvalue weighted by molar-refractivity contribution is -0.136. The normalized spacial score (nSPS) is 12.8. The zero-order chi connectivity index (χ0) is 9.40. The molecule has 0 bridgehead atoms. The summed E-state index contributed by atoms with van der Waals surface area (Å²) in [5, 5.41) is 16.7. The van der Waals surface area contributed by atoms with Crippen molar-refractivity contribution in [3.63, 3.8) is 0 Å². The summed E-state index contributed by atoms with van der Waals surface area (Å²) in [6.07, 6.45) is 1.13. The maximum absolute atomic E-state index is 10.5. The summed E-state index contributed by atoms with van der Waals surface area (Å²) < 4.78 is 0. The minimum absolute atomic E-state index is 0.113. The van der Waals surface area contributed by atoms with E-state index >= 15 is 0 Å². The van der Waals surface area contributed by atoms with E-state index in [-0.39, 0.29) is 6.61 Å². The Morgan fingerprint density at radius 1 is 1.58 bits per heavy atom. The van der Waals surface area contributed by atoms with Crippen LogP contribution in [0.25, 0.3) is 0 Å². The number of nitrogens with two attached hydrogens (primary N) is 1. The van der Waals surface area contributed by atoms with Crippen LogP contribution < -0.4 is 5.73 Å². The summed E-state index contributed by atoms with van der Waals surface area (Å²) in [4.78, 5) is 10.5. The van der Waals surface area contributed by atoms with Gasteiger partial charge in [0, 0.05) is 6.61 Å². The highest BCUT2D eigenvalue weighted by Gasteiger charge is 2.15. The second-order valence-corrected chi connectivity index (χ2v) is 3.66. The number of carboxylic acid groups (broad SMARTS) is 1. The molecule has 0 spiro atoms. The number of hydrogen-bond acceptors (Lipinski definition) is 4. The molecule has 0 fully saturated rings. The molecule has 0 heterocycles. The molecule has 0 saturated heterocycles. The topological polar surface area (TPSA) is 83.5 Å². The number of aliphatic carboxylic acids is 1. The Hall–Kier alpha value is -0.260. The fraction of sp³-hybridized carbons (Fsp3) is 0.857. The summed E-state index contributed by atoms with van der Waals surface area (Å²) in [5.41, 5.74) is 5.25. The van der Waals surface area contributed by atoms with Crippen LogP contribution in [-0.4, -0.2) is 40.3 Å². The zero-order valence-corrected chi connectivity index (χ0v) is 7.72. The van der Waals surface area contributed by atoms with Crippen LogP contribution >= 0.6 is 11.8 Å². The second-order valence-electron chi connectivity index (χ2n) is 2.35. The highest BCUT2D eigenvalue weighted by atomic mass is 32.2. The number of hydrogen-bond donors (Lipinski definition) is 3. The third-order valence-corrected chi connectivity index (χ3v) is 2.69. The van der Waals surface area contributed by atoms with Crippen LogP contribution in [0.1, 0.15) is 12.8 Å². The minimum atomic E-state index is -0.816. The van der Waals surface area contributed by atoms with Crippen molar-refractivity contribution in [3.8, 4) is 0 Å². The molecule has 4 N–H and O–H groups in total. The van der Waals surface area contributed by atoms with Crippen LogP contribution in [0.3, 0.4) is 0 Å². The van der Waals surface area contributed by atoms with Crippen LogP contribution in [-0.2, 0) is 4.79 Å². The van der Waals surface area contributed by atoms with Crippen LogP contribution in [0.4, 0.5) is 0 Å². The van der Waals surface area contributed by atoms with Gasteiger partial charge in [0.2, 0.25) is 0 Å². The van der Waals surface area contributed by atoms with E-state index in [0.717, 1.165) is 0 Å². The van der Waals surface area contributed by atoms with E-state index in [1.54, 1.807) is 0 Å². The Labute approximate surface area is 76.1 Å². The van der Waals surface area contributed by atoms with Crippen molar-refractivity contribution in [1.82, 2.24) is 0 Å². The average Bonchev–Trinajstić information content (AvgIpc) is 2.03. The van der Waals surface area contributed by atoms with Crippen molar-refractivity contribution < 1.29 is 15.0 Å². The lowest BCUT2D eigenvalue weighted by Crippen LogP contribution is -2.20. The van der Waals surface area contributed by atoms with Gasteiger partial charge in [0.25, 0.3) is 0 Å². The maximum atomic E-state index is 10.5. The summed E-state index contributed by atoms with van der Waals surface area (Å²) in [6, 6.07) is 0. The first-order chi connectivity index (χ1) is 5.72. The molecule has 0 radical (unpaired) electrons. The van der Waals surface area contributed by atoms with Gasteiger partial charge in [0.15, 0.2) is 0 Å². The van der Waals surface area contributed by atoms with Gasteiger partial charge in [0.05, 0.1) is 0 Å². The molecule has 0 aliphatic heterocycles. The average molecular weight is 193 g/mol. The van der Waals surface area contributed by atoms with Gasteiger partial charge in [-0.2, -0.15) is 0 Å². The maximum Gasteiger partial charge on any atom is 0.316 e. The Bertz CT molecular complexity index is 132. The van der Waals surface area contributed by atoms with E-state index in [1.165, 1.54) is 11.8 Å². The van der Waals surface area contributed by atoms with Gasteiger partial charge < -0.3 is 15.9 Å². The molecule has 0 rings (SSSR count). The third-order valence-electron chi connectivity index (χ3n) is 1.33. The Morgan fingerprint density at radius 2 is 2.25 bits per heavy atom. The van der Waals surface area contributed by atoms with E-state index < -0.39 is 11.2 Å². The van der Waals surface area contributed by atoms with Gasteiger partial charge in [0.1, 0.15) is 5.25 Å². The highest BCUT2D eigenvalue weighted by Crippen LogP contribution is 2.15. The van der Waals surface area contributed by atoms with Crippen LogP contribution in [0.5, 0.6) is 0 Å². The van der Waals surface area contributed by atoms with Gasteiger partial charge >= 0.3 is 5.97 Å². The SMILES string of the molecule is NCCC(SCCCO)C(=O)O. The molecule has 1 unspecified atom stereocenters. The molecule has 0 saturated carbocycles. The third kappa shape index (κ3) is 5.40. The van der Waals surface area contributed by atoms with Crippen LogP contribution in [0.2, 0.25) is 0 Å². The van der Waals surface area contributed by atoms with E-state index in [1.807, 2.05) is 0 Å². The van der Waals surface area contributed by atoms with Crippen LogP contribution in [0.15, 0.2) is 0 Å². The number of aliphatic hydroxyl groups is 1. The molecule has 0 aromatic carbocycles. The molecule has 72 valence electrons. The summed E-state index contributed by atoms with van der Waals surface area (Å²) >= 11 is 1.34. The molecule has 0 aromatic heterocycles. The molecule has 0 aliphatic carbocycles. The van der Waals surface area contributed by atoms with E-state index in [4.69, 9.17) is 15.9 Å². The first-order valence-electron chi connectivity index (χ1n) is 3.87. The van der Waals surface area contributed by atoms with Crippen molar-refractivity contribution in [3.05, 3.63) is 0 Å². The molecule has 0 aliphatic rings. The Morgan fingerprint density at radius 3 is 2.67 bits per heavy atom. The minimum Gasteiger partial charge on any atom is -0.480 e. The van der Waals surface area contributed by atoms with Crippen molar-refractivity contribution in [2.24, 2.45) is 5.73 Å². The smallest absolute Gasteiger partial charge is 0.316 e. The largest absolute Gasteiger partial charge is 0.480 e. The number of carboxylic acids is 1. The number of thioether (sulfide) groups is 1. The Balaban J connectivity index is 3.56. The van der Waals surface area contributed by atoms with Gasteiger partial charge in [-0.25, -0.2) is 0 Å². The molecular weight excluding hydrogens is 178 g/mol. The van der Waals surface area contributed by atoms with E-state index in [9.17, 15) is 4.79 Å². The van der Waals surface area contributed by atoms with Crippen molar-refractivity contribution in [2.75, 3.05) is 18.9 Å². The number of aliphatic hydroxyl groups excluding tert-OH is 1. The van der Waals surface area contributed by atoms with Gasteiger partial charge in [-0.05, 0) is 25.1 Å². The van der Waals surface area contributed by atoms with Crippen molar-refractivity contribution in [2.45, 2.75) is 18.1 Å². The summed E-state index contributed by atoms with van der Waals surface area (Å²) in [7, 11) is 0. The lowest BCUT2D eigenvalue weighted by Gasteiger charge is -2.09.